The molecule has 0 saturated heterocycles. The van der Waals surface area contributed by atoms with E-state index in [9.17, 15) is 4.79 Å². The molecule has 0 spiro atoms. The molecule has 1 aromatic heterocycles. The zero-order valence-corrected chi connectivity index (χ0v) is 13.1. The molecule has 0 bridgehead atoms. The summed E-state index contributed by atoms with van der Waals surface area (Å²) in [5.74, 6) is 1.70. The number of carbonyl (C=O) groups excluding carboxylic acids is 1. The first-order chi connectivity index (χ1) is 10.1. The zero-order valence-electron chi connectivity index (χ0n) is 13.1. The van der Waals surface area contributed by atoms with Crippen molar-refractivity contribution in [3.63, 3.8) is 0 Å². The third kappa shape index (κ3) is 5.84. The third-order valence-electron chi connectivity index (χ3n) is 4.20. The van der Waals surface area contributed by atoms with Gasteiger partial charge in [0.25, 0.3) is 0 Å². The molecule has 1 amide bonds. The lowest BCUT2D eigenvalue weighted by Gasteiger charge is -2.32. The summed E-state index contributed by atoms with van der Waals surface area (Å²) < 4.78 is 0. The molecule has 1 fully saturated rings. The number of pyridine rings is 1. The quantitative estimate of drug-likeness (QED) is 0.846. The molecule has 1 aromatic rings. The van der Waals surface area contributed by atoms with Gasteiger partial charge in [-0.25, -0.2) is 0 Å². The Morgan fingerprint density at radius 3 is 2.52 bits per heavy atom. The average molecular weight is 289 g/mol. The smallest absolute Gasteiger partial charge is 0.221 e. The maximum Gasteiger partial charge on any atom is 0.221 e. The van der Waals surface area contributed by atoms with Crippen molar-refractivity contribution in [3.8, 4) is 0 Å². The van der Waals surface area contributed by atoms with Gasteiger partial charge in [0.05, 0.1) is 0 Å². The van der Waals surface area contributed by atoms with E-state index < -0.39 is 0 Å². The molecule has 1 aliphatic carbocycles. The van der Waals surface area contributed by atoms with Crippen molar-refractivity contribution in [1.29, 1.82) is 0 Å². The van der Waals surface area contributed by atoms with Crippen LogP contribution >= 0.6 is 0 Å². The highest BCUT2D eigenvalue weighted by Crippen LogP contribution is 2.28. The van der Waals surface area contributed by atoms with Gasteiger partial charge < -0.3 is 10.6 Å². The van der Waals surface area contributed by atoms with Crippen LogP contribution in [0, 0.1) is 11.8 Å². The molecular weight excluding hydrogens is 262 g/mol. The zero-order chi connectivity index (χ0) is 15.1. The Balaban J connectivity index is 1.61. The van der Waals surface area contributed by atoms with Gasteiger partial charge in [-0.1, -0.05) is 13.8 Å². The summed E-state index contributed by atoms with van der Waals surface area (Å²) in [4.78, 5) is 15.8. The normalized spacial score (nSPS) is 25.5. The fraction of sp³-hybridized carbons (Fsp3) is 0.647. The molecule has 4 nitrogen and oxygen atoms in total. The number of aromatic nitrogens is 1. The minimum Gasteiger partial charge on any atom is -0.352 e. The first-order valence-electron chi connectivity index (χ1n) is 8.02. The van der Waals surface area contributed by atoms with Crippen LogP contribution in [0.3, 0.4) is 0 Å². The molecule has 1 heterocycles. The predicted octanol–water partition coefficient (Wildman–Crippen LogP) is 2.50. The van der Waals surface area contributed by atoms with E-state index in [0.717, 1.165) is 23.9 Å². The van der Waals surface area contributed by atoms with Crippen molar-refractivity contribution in [2.45, 2.75) is 52.1 Å². The minimum absolute atomic E-state index is 0.108. The van der Waals surface area contributed by atoms with Gasteiger partial charge in [0.1, 0.15) is 0 Å². The van der Waals surface area contributed by atoms with Crippen LogP contribution in [-0.2, 0) is 11.3 Å². The lowest BCUT2D eigenvalue weighted by atomic mass is 9.80. The molecule has 1 aliphatic rings. The Morgan fingerprint density at radius 2 is 1.86 bits per heavy atom. The largest absolute Gasteiger partial charge is 0.352 e. The molecule has 2 rings (SSSR count). The Morgan fingerprint density at radius 1 is 1.19 bits per heavy atom. The average Bonchev–Trinajstić information content (AvgIpc) is 2.45. The lowest BCUT2D eigenvalue weighted by Crippen LogP contribution is -2.38. The molecule has 2 atom stereocenters. The molecule has 2 N–H and O–H groups in total. The minimum atomic E-state index is 0.108. The third-order valence-corrected chi connectivity index (χ3v) is 4.20. The van der Waals surface area contributed by atoms with E-state index in [2.05, 4.69) is 29.5 Å². The molecule has 21 heavy (non-hydrogen) atoms. The van der Waals surface area contributed by atoms with E-state index in [1.165, 1.54) is 19.3 Å². The van der Waals surface area contributed by atoms with E-state index >= 15 is 0 Å². The van der Waals surface area contributed by atoms with Crippen molar-refractivity contribution in [2.75, 3.05) is 6.54 Å². The fourth-order valence-electron chi connectivity index (χ4n) is 3.29. The molecule has 0 radical (unpaired) electrons. The predicted molar refractivity (Wildman–Crippen MR) is 84.7 cm³/mol. The first kappa shape index (κ1) is 16.0. The SMILES string of the molecule is C[C@@H]1CC(NCCC(=O)NCc2ccncc2)C[C@@H](C)C1. The van der Waals surface area contributed by atoms with E-state index in [1.807, 2.05) is 12.1 Å². The van der Waals surface area contributed by atoms with Gasteiger partial charge >= 0.3 is 0 Å². The highest BCUT2D eigenvalue weighted by atomic mass is 16.1. The summed E-state index contributed by atoms with van der Waals surface area (Å²) >= 11 is 0. The van der Waals surface area contributed by atoms with Crippen LogP contribution in [0.25, 0.3) is 0 Å². The van der Waals surface area contributed by atoms with Gasteiger partial charge in [-0.3, -0.25) is 9.78 Å². The summed E-state index contributed by atoms with van der Waals surface area (Å²) in [6.07, 6.45) is 7.85. The van der Waals surface area contributed by atoms with E-state index in [0.29, 0.717) is 19.0 Å². The summed E-state index contributed by atoms with van der Waals surface area (Å²) in [5, 5.41) is 6.49. The van der Waals surface area contributed by atoms with Gasteiger partial charge in [-0.2, -0.15) is 0 Å². The number of hydrogen-bond donors (Lipinski definition) is 2. The topological polar surface area (TPSA) is 54.0 Å². The van der Waals surface area contributed by atoms with E-state index in [-0.39, 0.29) is 5.91 Å². The van der Waals surface area contributed by atoms with Crippen molar-refractivity contribution < 1.29 is 4.79 Å². The van der Waals surface area contributed by atoms with Crippen molar-refractivity contribution in [1.82, 2.24) is 15.6 Å². The summed E-state index contributed by atoms with van der Waals surface area (Å²) in [6.45, 7) is 6.00. The Labute approximate surface area is 127 Å². The van der Waals surface area contributed by atoms with Crippen LogP contribution in [-0.4, -0.2) is 23.5 Å². The molecule has 0 aromatic carbocycles. The number of amides is 1. The van der Waals surface area contributed by atoms with Crippen LogP contribution < -0.4 is 10.6 Å². The van der Waals surface area contributed by atoms with Crippen LogP contribution in [0.2, 0.25) is 0 Å². The number of rotatable bonds is 6. The van der Waals surface area contributed by atoms with Gasteiger partial charge in [0.2, 0.25) is 5.91 Å². The van der Waals surface area contributed by atoms with Gasteiger partial charge in [-0.15, -0.1) is 0 Å². The molecule has 116 valence electrons. The lowest BCUT2D eigenvalue weighted by molar-refractivity contribution is -0.121. The first-order valence-corrected chi connectivity index (χ1v) is 8.02. The number of nitrogens with one attached hydrogen (secondary N) is 2. The van der Waals surface area contributed by atoms with Crippen molar-refractivity contribution in [2.24, 2.45) is 11.8 Å². The number of nitrogens with zero attached hydrogens (tertiary/aromatic N) is 1. The van der Waals surface area contributed by atoms with Gasteiger partial charge in [0.15, 0.2) is 0 Å². The number of hydrogen-bond acceptors (Lipinski definition) is 3. The van der Waals surface area contributed by atoms with Crippen LogP contribution in [0.4, 0.5) is 0 Å². The molecule has 1 saturated carbocycles. The summed E-state index contributed by atoms with van der Waals surface area (Å²) in [5.41, 5.74) is 1.08. The maximum atomic E-state index is 11.8. The Bertz CT molecular complexity index is 425. The van der Waals surface area contributed by atoms with Crippen LogP contribution in [0.1, 0.15) is 45.1 Å². The molecule has 0 aliphatic heterocycles. The summed E-state index contributed by atoms with van der Waals surface area (Å²) in [6, 6.07) is 4.42. The monoisotopic (exact) mass is 289 g/mol. The second-order valence-electron chi connectivity index (χ2n) is 6.45. The molecular formula is C17H27N3O. The Hall–Kier alpha value is -1.42. The van der Waals surface area contributed by atoms with E-state index in [1.54, 1.807) is 12.4 Å². The summed E-state index contributed by atoms with van der Waals surface area (Å²) in [7, 11) is 0. The van der Waals surface area contributed by atoms with Crippen molar-refractivity contribution >= 4 is 5.91 Å². The fourth-order valence-corrected chi connectivity index (χ4v) is 3.29. The maximum absolute atomic E-state index is 11.8. The molecule has 0 unspecified atom stereocenters. The second kappa shape index (κ2) is 8.13. The standard InChI is InChI=1S/C17H27N3O/c1-13-9-14(2)11-16(10-13)19-8-5-17(21)20-12-15-3-6-18-7-4-15/h3-4,6-7,13-14,16,19H,5,8-12H2,1-2H3,(H,20,21)/t13-,14-/m0/s1. The van der Waals surface area contributed by atoms with Crippen molar-refractivity contribution in [3.05, 3.63) is 30.1 Å². The highest BCUT2D eigenvalue weighted by Gasteiger charge is 2.23. The number of carbonyl (C=O) groups is 1. The van der Waals surface area contributed by atoms with Gasteiger partial charge in [0, 0.05) is 37.9 Å². The van der Waals surface area contributed by atoms with Crippen LogP contribution in [0.15, 0.2) is 24.5 Å². The Kier molecular flexibility index (Phi) is 6.18. The molecule has 4 heteroatoms. The second-order valence-corrected chi connectivity index (χ2v) is 6.45. The van der Waals surface area contributed by atoms with E-state index in [4.69, 9.17) is 0 Å². The van der Waals surface area contributed by atoms with Gasteiger partial charge in [-0.05, 0) is 48.8 Å². The van der Waals surface area contributed by atoms with Crippen LogP contribution in [0.5, 0.6) is 0 Å². The highest BCUT2D eigenvalue weighted by molar-refractivity contribution is 5.76.